The number of aryl methyl sites for hydroxylation is 1. The van der Waals surface area contributed by atoms with Crippen LogP contribution in [0.15, 0.2) is 13.6 Å². The van der Waals surface area contributed by atoms with Crippen molar-refractivity contribution >= 4 is 28.9 Å². The molecule has 1 aromatic heterocycles. The number of carbonyl (C=O) groups excluding carboxylic acids is 3. The molecule has 0 radical (unpaired) electrons. The van der Waals surface area contributed by atoms with E-state index in [-0.39, 0.29) is 30.0 Å². The Morgan fingerprint density at radius 1 is 1.23 bits per heavy atom. The second-order valence-corrected chi connectivity index (χ2v) is 7.89. The number of esters is 1. The highest BCUT2D eigenvalue weighted by Gasteiger charge is 2.40. The minimum absolute atomic E-state index is 0.0967. The second-order valence-electron chi connectivity index (χ2n) is 6.30. The molecule has 146 valence electrons. The molecule has 0 bridgehead atoms. The molecule has 1 N–H and O–H groups in total. The summed E-state index contributed by atoms with van der Waals surface area (Å²) >= 11 is 0.712. The zero-order chi connectivity index (χ0) is 20.1. The molecule has 0 saturated heterocycles. The maximum atomic E-state index is 12.1. The molecule has 1 aromatic rings. The highest BCUT2D eigenvalue weighted by molar-refractivity contribution is 8.14. The van der Waals surface area contributed by atoms with E-state index in [4.69, 9.17) is 13.9 Å². The molecule has 0 spiro atoms. The van der Waals surface area contributed by atoms with Crippen LogP contribution >= 0.6 is 11.8 Å². The van der Waals surface area contributed by atoms with E-state index in [2.05, 4.69) is 9.73 Å². The van der Waals surface area contributed by atoms with Crippen LogP contribution in [0, 0.1) is 12.8 Å². The Bertz CT molecular complexity index is 718. The van der Waals surface area contributed by atoms with E-state index in [1.165, 1.54) is 14.0 Å². The predicted octanol–water partition coefficient (Wildman–Crippen LogP) is 2.00. The Hall–Kier alpha value is -2.23. The van der Waals surface area contributed by atoms with E-state index in [9.17, 15) is 19.2 Å². The van der Waals surface area contributed by atoms with Crippen molar-refractivity contribution in [1.29, 1.82) is 0 Å². The third-order valence-corrected chi connectivity index (χ3v) is 4.49. The van der Waals surface area contributed by atoms with Gasteiger partial charge in [-0.25, -0.2) is 14.4 Å². The molecule has 9 nitrogen and oxygen atoms in total. The highest BCUT2D eigenvalue weighted by Crippen LogP contribution is 2.31. The van der Waals surface area contributed by atoms with Crippen molar-refractivity contribution in [2.24, 2.45) is 5.92 Å². The van der Waals surface area contributed by atoms with Crippen LogP contribution in [-0.2, 0) is 25.7 Å². The standard InChI is InChI=1S/C16H23NO8S/c1-8(2)12(18)17-11(13(19)22-6)16(4,5)26-15(21)23-7-10-9(3)24-14(20)25-10/h8,11H,7H2,1-6H3,(H,17,18)/t11-/m0/s1. The molecule has 1 amide bonds. The van der Waals surface area contributed by atoms with E-state index in [1.54, 1.807) is 27.7 Å². The summed E-state index contributed by atoms with van der Waals surface area (Å²) in [5, 5.41) is 1.87. The van der Waals surface area contributed by atoms with Crippen molar-refractivity contribution < 1.29 is 32.7 Å². The largest absolute Gasteiger partial charge is 0.519 e. The Morgan fingerprint density at radius 2 is 1.85 bits per heavy atom. The summed E-state index contributed by atoms with van der Waals surface area (Å²) in [7, 11) is 1.19. The van der Waals surface area contributed by atoms with Gasteiger partial charge in [0, 0.05) is 5.92 Å². The van der Waals surface area contributed by atoms with E-state index in [1.807, 2.05) is 0 Å². The molecule has 0 aliphatic carbocycles. The number of hydrogen-bond donors (Lipinski definition) is 1. The van der Waals surface area contributed by atoms with Gasteiger partial charge >= 0.3 is 17.1 Å². The summed E-state index contributed by atoms with van der Waals surface area (Å²) in [6.07, 6.45) is 0. The van der Waals surface area contributed by atoms with Gasteiger partial charge in [-0.2, -0.15) is 0 Å². The molecule has 26 heavy (non-hydrogen) atoms. The summed E-state index contributed by atoms with van der Waals surface area (Å²) in [5.74, 6) is -1.95. The number of ether oxygens (including phenoxy) is 2. The van der Waals surface area contributed by atoms with Gasteiger partial charge in [0.05, 0.1) is 11.9 Å². The lowest BCUT2D eigenvalue weighted by molar-refractivity contribution is -0.146. The van der Waals surface area contributed by atoms with Crippen molar-refractivity contribution in [2.45, 2.75) is 52.0 Å². The van der Waals surface area contributed by atoms with Crippen molar-refractivity contribution in [3.05, 3.63) is 22.1 Å². The number of methoxy groups -OCH3 is 1. The Balaban J connectivity index is 2.79. The number of hydrogen-bond acceptors (Lipinski definition) is 9. The fourth-order valence-corrected chi connectivity index (χ4v) is 2.70. The topological polar surface area (TPSA) is 125 Å². The van der Waals surface area contributed by atoms with Crippen molar-refractivity contribution in [2.75, 3.05) is 7.11 Å². The van der Waals surface area contributed by atoms with Gasteiger partial charge in [-0.05, 0) is 32.5 Å². The first kappa shape index (κ1) is 21.8. The van der Waals surface area contributed by atoms with Gasteiger partial charge in [-0.1, -0.05) is 13.8 Å². The smallest absolute Gasteiger partial charge is 0.467 e. The SMILES string of the molecule is COC(=O)[C@H](NC(=O)C(C)C)C(C)(C)SC(=O)OCc1oc(=O)oc1C. The van der Waals surface area contributed by atoms with Gasteiger partial charge in [-0.15, -0.1) is 0 Å². The first-order chi connectivity index (χ1) is 12.0. The summed E-state index contributed by atoms with van der Waals surface area (Å²) in [6, 6.07) is -1.06. The highest BCUT2D eigenvalue weighted by atomic mass is 32.2. The monoisotopic (exact) mass is 389 g/mol. The lowest BCUT2D eigenvalue weighted by Gasteiger charge is -2.31. The van der Waals surface area contributed by atoms with Gasteiger partial charge < -0.3 is 23.6 Å². The summed E-state index contributed by atoms with van der Waals surface area (Å²) < 4.78 is 18.1. The maximum Gasteiger partial charge on any atom is 0.519 e. The normalized spacial score (nSPS) is 12.6. The second kappa shape index (κ2) is 8.93. The fraction of sp³-hybridized carbons (Fsp3) is 0.625. The first-order valence-corrected chi connectivity index (χ1v) is 8.63. The average Bonchev–Trinajstić information content (AvgIpc) is 2.86. The van der Waals surface area contributed by atoms with Crippen molar-refractivity contribution in [3.8, 4) is 0 Å². The van der Waals surface area contributed by atoms with E-state index in [0.29, 0.717) is 11.8 Å². The van der Waals surface area contributed by atoms with Gasteiger partial charge in [0.25, 0.3) is 0 Å². The number of amides is 1. The van der Waals surface area contributed by atoms with Gasteiger partial charge in [0.2, 0.25) is 5.91 Å². The summed E-state index contributed by atoms with van der Waals surface area (Å²) in [6.45, 7) is 7.77. The van der Waals surface area contributed by atoms with Gasteiger partial charge in [0.1, 0.15) is 6.04 Å². The molecule has 0 saturated carbocycles. The number of rotatable bonds is 7. The Kier molecular flexibility index (Phi) is 7.49. The molecule has 0 aliphatic heterocycles. The van der Waals surface area contributed by atoms with Crippen LogP contribution in [0.2, 0.25) is 0 Å². The average molecular weight is 389 g/mol. The molecule has 0 aliphatic rings. The van der Waals surface area contributed by atoms with Gasteiger partial charge in [0.15, 0.2) is 18.1 Å². The quantitative estimate of drug-likeness (QED) is 0.697. The molecular formula is C16H23NO8S. The van der Waals surface area contributed by atoms with Gasteiger partial charge in [-0.3, -0.25) is 4.79 Å². The molecule has 1 rings (SSSR count). The lowest BCUT2D eigenvalue weighted by Crippen LogP contribution is -2.54. The minimum Gasteiger partial charge on any atom is -0.467 e. The number of nitrogens with one attached hydrogen (secondary N) is 1. The Morgan fingerprint density at radius 3 is 2.31 bits per heavy atom. The van der Waals surface area contributed by atoms with Crippen molar-refractivity contribution in [3.63, 3.8) is 0 Å². The maximum absolute atomic E-state index is 12.1. The van der Waals surface area contributed by atoms with E-state index in [0.717, 1.165) is 0 Å². The summed E-state index contributed by atoms with van der Waals surface area (Å²) in [5.41, 5.74) is 0. The van der Waals surface area contributed by atoms with Crippen LogP contribution < -0.4 is 11.1 Å². The van der Waals surface area contributed by atoms with Crippen LogP contribution in [0.5, 0.6) is 0 Å². The molecule has 0 fully saturated rings. The third kappa shape index (κ3) is 5.94. The molecular weight excluding hydrogens is 366 g/mol. The Labute approximate surface area is 154 Å². The molecule has 0 aromatic carbocycles. The van der Waals surface area contributed by atoms with E-state index < -0.39 is 27.9 Å². The molecule has 1 heterocycles. The van der Waals surface area contributed by atoms with Crippen molar-refractivity contribution in [1.82, 2.24) is 5.32 Å². The third-order valence-electron chi connectivity index (χ3n) is 3.45. The molecule has 0 unspecified atom stereocenters. The molecule has 1 atom stereocenters. The first-order valence-electron chi connectivity index (χ1n) is 7.81. The van der Waals surface area contributed by atoms with Crippen LogP contribution in [-0.4, -0.2) is 35.1 Å². The predicted molar refractivity (Wildman–Crippen MR) is 92.6 cm³/mol. The van der Waals surface area contributed by atoms with Crippen LogP contribution in [0.4, 0.5) is 4.79 Å². The minimum atomic E-state index is -1.06. The van der Waals surface area contributed by atoms with E-state index >= 15 is 0 Å². The lowest BCUT2D eigenvalue weighted by atomic mass is 10.0. The zero-order valence-corrected chi connectivity index (χ0v) is 16.4. The van der Waals surface area contributed by atoms with Crippen LogP contribution in [0.3, 0.4) is 0 Å². The van der Waals surface area contributed by atoms with Crippen LogP contribution in [0.1, 0.15) is 39.2 Å². The molecule has 10 heteroatoms. The number of thioether (sulfide) groups is 1. The number of carbonyl (C=O) groups is 3. The van der Waals surface area contributed by atoms with Crippen LogP contribution in [0.25, 0.3) is 0 Å². The summed E-state index contributed by atoms with van der Waals surface area (Å²) in [4.78, 5) is 47.1. The zero-order valence-electron chi connectivity index (χ0n) is 15.5. The fourth-order valence-electron chi connectivity index (χ4n) is 1.88.